The van der Waals surface area contributed by atoms with Crippen molar-refractivity contribution in [2.24, 2.45) is 5.41 Å². The Morgan fingerprint density at radius 1 is 1.64 bits per heavy atom. The van der Waals surface area contributed by atoms with E-state index in [0.717, 1.165) is 26.2 Å². The van der Waals surface area contributed by atoms with Gasteiger partial charge in [-0.1, -0.05) is 20.3 Å². The first kappa shape index (κ1) is 11.5. The lowest BCUT2D eigenvalue weighted by Crippen LogP contribution is -2.51. The second-order valence-corrected chi connectivity index (χ2v) is 4.36. The maximum Gasteiger partial charge on any atom is 0.320 e. The Balaban J connectivity index is 2.28. The molecule has 0 aromatic rings. The number of carboxylic acids is 1. The molecule has 1 saturated heterocycles. The molecule has 82 valence electrons. The van der Waals surface area contributed by atoms with Crippen molar-refractivity contribution in [3.63, 3.8) is 0 Å². The topological polar surface area (TPSA) is 58.6 Å². The molecule has 1 fully saturated rings. The molecule has 4 heteroatoms. The maximum atomic E-state index is 10.8. The molecule has 1 atom stereocenters. The van der Waals surface area contributed by atoms with E-state index >= 15 is 0 Å². The fraction of sp³-hybridized carbons (Fsp3) is 0.900. The summed E-state index contributed by atoms with van der Waals surface area (Å²) in [5.74, 6) is -0.754. The summed E-state index contributed by atoms with van der Waals surface area (Å²) in [5, 5.41) is 12.0. The van der Waals surface area contributed by atoms with Gasteiger partial charge < -0.3 is 15.2 Å². The van der Waals surface area contributed by atoms with Gasteiger partial charge in [-0.15, -0.1) is 0 Å². The Labute approximate surface area is 84.6 Å². The molecule has 0 bridgehead atoms. The Bertz CT molecular complexity index is 202. The predicted molar refractivity (Wildman–Crippen MR) is 53.3 cm³/mol. The van der Waals surface area contributed by atoms with Crippen molar-refractivity contribution in [1.29, 1.82) is 0 Å². The van der Waals surface area contributed by atoms with Crippen LogP contribution in [0.1, 0.15) is 26.7 Å². The van der Waals surface area contributed by atoms with E-state index in [1.54, 1.807) is 0 Å². The summed E-state index contributed by atoms with van der Waals surface area (Å²) in [4.78, 5) is 10.8. The van der Waals surface area contributed by atoms with E-state index < -0.39 is 12.0 Å². The fourth-order valence-corrected chi connectivity index (χ4v) is 1.52. The molecule has 0 amide bonds. The molecule has 1 rings (SSSR count). The van der Waals surface area contributed by atoms with Gasteiger partial charge in [0, 0.05) is 12.0 Å². The first-order chi connectivity index (χ1) is 6.57. The molecule has 4 nitrogen and oxygen atoms in total. The Morgan fingerprint density at radius 3 is 2.64 bits per heavy atom. The van der Waals surface area contributed by atoms with Crippen molar-refractivity contribution in [3.8, 4) is 0 Å². The third-order valence-electron chi connectivity index (χ3n) is 2.55. The normalized spacial score (nSPS) is 21.3. The van der Waals surface area contributed by atoms with Crippen LogP contribution in [0.25, 0.3) is 0 Å². The van der Waals surface area contributed by atoms with Gasteiger partial charge in [0.05, 0.1) is 13.2 Å². The molecule has 1 aliphatic rings. The minimum absolute atomic E-state index is 0.140. The highest BCUT2D eigenvalue weighted by atomic mass is 16.5. The molecule has 0 spiro atoms. The van der Waals surface area contributed by atoms with Crippen LogP contribution in [0, 0.1) is 5.41 Å². The lowest BCUT2D eigenvalue weighted by atomic mass is 9.88. The number of aliphatic carboxylic acids is 1. The molecule has 2 N–H and O–H groups in total. The van der Waals surface area contributed by atoms with Gasteiger partial charge in [-0.05, 0) is 6.42 Å². The van der Waals surface area contributed by atoms with Crippen LogP contribution in [0.3, 0.4) is 0 Å². The molecule has 0 aromatic carbocycles. The Hall–Kier alpha value is -0.610. The zero-order valence-electron chi connectivity index (χ0n) is 8.88. The maximum absolute atomic E-state index is 10.8. The molecule has 1 unspecified atom stereocenters. The van der Waals surface area contributed by atoms with Crippen LogP contribution < -0.4 is 5.32 Å². The summed E-state index contributed by atoms with van der Waals surface area (Å²) in [6.45, 7) is 6.29. The van der Waals surface area contributed by atoms with E-state index in [4.69, 9.17) is 9.84 Å². The highest BCUT2D eigenvalue weighted by Crippen LogP contribution is 2.25. The van der Waals surface area contributed by atoms with Gasteiger partial charge in [0.2, 0.25) is 0 Å². The van der Waals surface area contributed by atoms with Crippen LogP contribution in [0.2, 0.25) is 0 Å². The summed E-state index contributed by atoms with van der Waals surface area (Å²) < 4.78 is 5.10. The lowest BCUT2D eigenvalue weighted by Gasteiger charge is -2.38. The Morgan fingerprint density at radius 2 is 2.29 bits per heavy atom. The summed E-state index contributed by atoms with van der Waals surface area (Å²) in [7, 11) is 0. The van der Waals surface area contributed by atoms with Crippen molar-refractivity contribution in [2.45, 2.75) is 32.7 Å². The number of hydrogen-bond donors (Lipinski definition) is 2. The standard InChI is InChI=1S/C10H19NO3/c1-3-4-8(9(12)13)11-5-10(2)6-14-7-10/h8,11H,3-7H2,1-2H3,(H,12,13). The van der Waals surface area contributed by atoms with Crippen LogP contribution in [-0.4, -0.2) is 36.9 Å². The van der Waals surface area contributed by atoms with Gasteiger partial charge in [-0.3, -0.25) is 4.79 Å². The van der Waals surface area contributed by atoms with E-state index in [1.165, 1.54) is 0 Å². The fourth-order valence-electron chi connectivity index (χ4n) is 1.52. The summed E-state index contributed by atoms with van der Waals surface area (Å²) >= 11 is 0. The van der Waals surface area contributed by atoms with Crippen LogP contribution in [0.15, 0.2) is 0 Å². The molecule has 1 heterocycles. The third-order valence-corrected chi connectivity index (χ3v) is 2.55. The van der Waals surface area contributed by atoms with Crippen LogP contribution in [0.5, 0.6) is 0 Å². The van der Waals surface area contributed by atoms with E-state index in [0.29, 0.717) is 6.42 Å². The molecule has 0 aliphatic carbocycles. The average molecular weight is 201 g/mol. The van der Waals surface area contributed by atoms with Gasteiger partial charge >= 0.3 is 5.97 Å². The zero-order chi connectivity index (χ0) is 10.6. The molecule has 0 saturated carbocycles. The number of nitrogens with one attached hydrogen (secondary N) is 1. The van der Waals surface area contributed by atoms with E-state index in [-0.39, 0.29) is 5.41 Å². The van der Waals surface area contributed by atoms with Crippen LogP contribution >= 0.6 is 0 Å². The largest absolute Gasteiger partial charge is 0.480 e. The van der Waals surface area contributed by atoms with E-state index in [2.05, 4.69) is 12.2 Å². The lowest BCUT2D eigenvalue weighted by molar-refractivity contribution is -0.141. The van der Waals surface area contributed by atoms with E-state index in [1.807, 2.05) is 6.92 Å². The smallest absolute Gasteiger partial charge is 0.320 e. The summed E-state index contributed by atoms with van der Waals surface area (Å²) in [5.41, 5.74) is 0.140. The quantitative estimate of drug-likeness (QED) is 0.669. The van der Waals surface area contributed by atoms with Gasteiger partial charge in [-0.25, -0.2) is 0 Å². The van der Waals surface area contributed by atoms with Gasteiger partial charge in [0.25, 0.3) is 0 Å². The number of carboxylic acid groups (broad SMARTS) is 1. The molecule has 0 aromatic heterocycles. The Kier molecular flexibility index (Phi) is 3.89. The van der Waals surface area contributed by atoms with Crippen LogP contribution in [0.4, 0.5) is 0 Å². The van der Waals surface area contributed by atoms with Crippen molar-refractivity contribution in [1.82, 2.24) is 5.32 Å². The number of rotatable bonds is 6. The van der Waals surface area contributed by atoms with Gasteiger partial charge in [0.15, 0.2) is 0 Å². The number of hydrogen-bond acceptors (Lipinski definition) is 3. The van der Waals surface area contributed by atoms with Gasteiger partial charge in [-0.2, -0.15) is 0 Å². The molecular weight excluding hydrogens is 182 g/mol. The summed E-state index contributed by atoms with van der Waals surface area (Å²) in [6.07, 6.45) is 1.57. The number of ether oxygens (including phenoxy) is 1. The SMILES string of the molecule is CCCC(NCC1(C)COC1)C(=O)O. The third kappa shape index (κ3) is 2.96. The van der Waals surface area contributed by atoms with Crippen LogP contribution in [-0.2, 0) is 9.53 Å². The predicted octanol–water partition coefficient (Wildman–Crippen LogP) is 0.866. The molecule has 0 radical (unpaired) electrons. The second kappa shape index (κ2) is 4.75. The average Bonchev–Trinajstić information content (AvgIpc) is 2.08. The van der Waals surface area contributed by atoms with Crippen molar-refractivity contribution in [3.05, 3.63) is 0 Å². The zero-order valence-corrected chi connectivity index (χ0v) is 8.88. The highest BCUT2D eigenvalue weighted by Gasteiger charge is 2.34. The second-order valence-electron chi connectivity index (χ2n) is 4.36. The highest BCUT2D eigenvalue weighted by molar-refractivity contribution is 5.73. The molecular formula is C10H19NO3. The molecule has 14 heavy (non-hydrogen) atoms. The van der Waals surface area contributed by atoms with Gasteiger partial charge in [0.1, 0.15) is 6.04 Å². The minimum Gasteiger partial charge on any atom is -0.480 e. The van der Waals surface area contributed by atoms with Crippen molar-refractivity contribution < 1.29 is 14.6 Å². The number of carbonyl (C=O) groups is 1. The first-order valence-corrected chi connectivity index (χ1v) is 5.11. The molecule has 1 aliphatic heterocycles. The minimum atomic E-state index is -0.754. The first-order valence-electron chi connectivity index (χ1n) is 5.11. The van der Waals surface area contributed by atoms with E-state index in [9.17, 15) is 4.79 Å². The monoisotopic (exact) mass is 201 g/mol. The van der Waals surface area contributed by atoms with Crippen molar-refractivity contribution in [2.75, 3.05) is 19.8 Å². The van der Waals surface area contributed by atoms with Crippen molar-refractivity contribution >= 4 is 5.97 Å². The summed E-state index contributed by atoms with van der Waals surface area (Å²) in [6, 6.07) is -0.405.